The third kappa shape index (κ3) is 6.85. The van der Waals surface area contributed by atoms with Crippen LogP contribution in [0.3, 0.4) is 0 Å². The lowest BCUT2D eigenvalue weighted by Gasteiger charge is -2.45. The number of likely N-dealkylation sites (tertiary alicyclic amines) is 1. The Morgan fingerprint density at radius 3 is 2.29 bits per heavy atom. The number of halogens is 4. The molecule has 3 atom stereocenters. The van der Waals surface area contributed by atoms with Crippen LogP contribution in [0, 0.1) is 0 Å². The van der Waals surface area contributed by atoms with E-state index >= 15 is 0 Å². The van der Waals surface area contributed by atoms with E-state index in [0.29, 0.717) is 9.95 Å². The highest BCUT2D eigenvalue weighted by molar-refractivity contribution is 6.36. The van der Waals surface area contributed by atoms with Crippen molar-refractivity contribution in [3.63, 3.8) is 0 Å². The summed E-state index contributed by atoms with van der Waals surface area (Å²) in [4.78, 5) is 46.0. The summed E-state index contributed by atoms with van der Waals surface area (Å²) < 4.78 is 57.1. The summed E-state index contributed by atoms with van der Waals surface area (Å²) in [5.41, 5.74) is -2.52. The number of fused-ring (bicyclic) bond motifs is 2. The summed E-state index contributed by atoms with van der Waals surface area (Å²) in [7, 11) is 1.98. The summed E-state index contributed by atoms with van der Waals surface area (Å²) >= 11 is 6.51. The number of likely N-dealkylation sites (N-methyl/N-ethyl adjacent to an activating group) is 1. The monoisotopic (exact) mass is 701 g/mol. The Morgan fingerprint density at radius 2 is 1.67 bits per heavy atom. The van der Waals surface area contributed by atoms with Gasteiger partial charge in [-0.1, -0.05) is 35.9 Å². The van der Waals surface area contributed by atoms with Gasteiger partial charge in [-0.25, -0.2) is 9.78 Å². The van der Waals surface area contributed by atoms with Crippen LogP contribution in [0.25, 0.3) is 27.5 Å². The molecule has 2 fully saturated rings. The number of ether oxygens (including phenoxy) is 2. The minimum Gasteiger partial charge on any atom is -0.462 e. The molecule has 4 heterocycles. The summed E-state index contributed by atoms with van der Waals surface area (Å²) in [6, 6.07) is 8.58. The van der Waals surface area contributed by atoms with Gasteiger partial charge in [0.2, 0.25) is 5.82 Å². The largest absolute Gasteiger partial charge is 0.462 e. The van der Waals surface area contributed by atoms with Crippen molar-refractivity contribution in [2.24, 2.45) is 0 Å². The van der Waals surface area contributed by atoms with Crippen LogP contribution >= 0.6 is 11.6 Å². The molecule has 0 N–H and O–H groups in total. The van der Waals surface area contributed by atoms with E-state index in [1.807, 2.05) is 20.9 Å². The lowest BCUT2D eigenvalue weighted by Crippen LogP contribution is -2.59. The first-order valence-corrected chi connectivity index (χ1v) is 16.6. The third-order valence-electron chi connectivity index (χ3n) is 8.90. The van der Waals surface area contributed by atoms with Crippen molar-refractivity contribution >= 4 is 45.3 Å². The molecule has 1 amide bonds. The minimum atomic E-state index is -5.05. The fourth-order valence-corrected chi connectivity index (χ4v) is 7.01. The maximum atomic E-state index is 15.0. The minimum absolute atomic E-state index is 0.00863. The maximum Gasteiger partial charge on any atom is 0.450 e. The molecule has 0 radical (unpaired) electrons. The Morgan fingerprint density at radius 1 is 1.00 bits per heavy atom. The van der Waals surface area contributed by atoms with Gasteiger partial charge in [0.25, 0.3) is 5.56 Å². The second-order valence-electron chi connectivity index (χ2n) is 13.8. The van der Waals surface area contributed by atoms with Gasteiger partial charge < -0.3 is 24.2 Å². The van der Waals surface area contributed by atoms with Crippen LogP contribution in [0.2, 0.25) is 5.02 Å². The number of nitrogens with zero attached hydrogens (tertiary/aromatic N) is 7. The first kappa shape index (κ1) is 34.7. The number of hydrogen-bond acceptors (Lipinski definition) is 9. The fourth-order valence-electron chi connectivity index (χ4n) is 6.73. The maximum absolute atomic E-state index is 15.0. The summed E-state index contributed by atoms with van der Waals surface area (Å²) in [6.45, 7) is 10.4. The number of amides is 1. The Hall–Kier alpha value is -4.17. The second kappa shape index (κ2) is 12.9. The van der Waals surface area contributed by atoms with E-state index in [-0.39, 0.29) is 64.7 Å². The molecule has 11 nitrogen and oxygen atoms in total. The van der Waals surface area contributed by atoms with Crippen LogP contribution in [-0.4, -0.2) is 92.4 Å². The molecule has 15 heteroatoms. The Bertz CT molecular complexity index is 1950. The van der Waals surface area contributed by atoms with Crippen molar-refractivity contribution in [1.29, 1.82) is 0 Å². The van der Waals surface area contributed by atoms with E-state index in [1.54, 1.807) is 60.9 Å². The quantitative estimate of drug-likeness (QED) is 0.237. The molecule has 49 heavy (non-hydrogen) atoms. The van der Waals surface area contributed by atoms with Gasteiger partial charge in [-0.05, 0) is 78.6 Å². The van der Waals surface area contributed by atoms with Crippen LogP contribution < -0.4 is 15.2 Å². The molecule has 2 saturated heterocycles. The molecule has 2 aromatic heterocycles. The highest BCUT2D eigenvalue weighted by Gasteiger charge is 2.41. The predicted octanol–water partition coefficient (Wildman–Crippen LogP) is 6.31. The molecule has 0 saturated carbocycles. The number of carbonyl (C=O) groups excluding carboxylic acids is 1. The first-order valence-electron chi connectivity index (χ1n) is 16.2. The molecule has 2 aromatic carbocycles. The van der Waals surface area contributed by atoms with Crippen molar-refractivity contribution in [2.45, 2.75) is 77.4 Å². The van der Waals surface area contributed by atoms with Crippen LogP contribution in [0.4, 0.5) is 23.8 Å². The van der Waals surface area contributed by atoms with Gasteiger partial charge in [0.1, 0.15) is 17.7 Å². The molecule has 2 aliphatic rings. The number of alkyl halides is 3. The highest BCUT2D eigenvalue weighted by atomic mass is 35.5. The summed E-state index contributed by atoms with van der Waals surface area (Å²) in [6.07, 6.45) is -3.67. The van der Waals surface area contributed by atoms with E-state index in [0.717, 1.165) is 19.4 Å². The van der Waals surface area contributed by atoms with Crippen molar-refractivity contribution in [3.05, 3.63) is 57.6 Å². The number of rotatable bonds is 5. The van der Waals surface area contributed by atoms with Crippen LogP contribution in [0.5, 0.6) is 6.01 Å². The van der Waals surface area contributed by atoms with Gasteiger partial charge >= 0.3 is 18.3 Å². The molecule has 0 aliphatic carbocycles. The molecule has 0 unspecified atom stereocenters. The number of aromatic nitrogens is 4. The molecule has 0 spiro atoms. The standard InChI is InChI=1S/C34H39ClF3N7O4/c1-19-16-43(32(47)49-33(3,4)5)17-20(2)44(19)28-26-27(40-31(41-28)48-18-22-12-9-15-42(22)6)29(46)45(30(39-26)34(36,37)38)24-14-8-11-21-10-7-13-23(35)25(21)24/h7-8,10-11,13-14,19-20,22H,9,12,15-18H2,1-6H3/t19-,20-,22-/m0/s1. The lowest BCUT2D eigenvalue weighted by atomic mass is 10.1. The van der Waals surface area contributed by atoms with Gasteiger partial charge in [0.05, 0.1) is 10.7 Å². The number of carbonyl (C=O) groups is 1. The Labute approximate surface area is 286 Å². The number of hydrogen-bond donors (Lipinski definition) is 0. The van der Waals surface area contributed by atoms with Crippen LogP contribution in [0.15, 0.2) is 41.2 Å². The Balaban J connectivity index is 1.55. The molecular formula is C34H39ClF3N7O4. The third-order valence-corrected chi connectivity index (χ3v) is 9.21. The lowest BCUT2D eigenvalue weighted by molar-refractivity contribution is -0.146. The van der Waals surface area contributed by atoms with Crippen molar-refractivity contribution < 1.29 is 27.4 Å². The average Bonchev–Trinajstić information content (AvgIpc) is 3.42. The average molecular weight is 702 g/mol. The van der Waals surface area contributed by atoms with Crippen LogP contribution in [-0.2, 0) is 10.9 Å². The second-order valence-corrected chi connectivity index (χ2v) is 14.2. The van der Waals surface area contributed by atoms with E-state index in [2.05, 4.69) is 19.9 Å². The van der Waals surface area contributed by atoms with Crippen molar-refractivity contribution in [3.8, 4) is 11.7 Å². The number of benzene rings is 2. The van der Waals surface area contributed by atoms with Gasteiger partial charge in [0.15, 0.2) is 11.3 Å². The van der Waals surface area contributed by atoms with Gasteiger partial charge in [0, 0.05) is 36.6 Å². The highest BCUT2D eigenvalue weighted by Crippen LogP contribution is 2.37. The van der Waals surface area contributed by atoms with E-state index in [1.165, 1.54) is 6.07 Å². The van der Waals surface area contributed by atoms with Gasteiger partial charge in [-0.3, -0.25) is 9.36 Å². The number of anilines is 1. The number of piperazine rings is 1. The summed E-state index contributed by atoms with van der Waals surface area (Å²) in [5.74, 6) is -1.44. The zero-order valence-electron chi connectivity index (χ0n) is 28.2. The first-order chi connectivity index (χ1) is 23.0. The zero-order chi connectivity index (χ0) is 35.4. The zero-order valence-corrected chi connectivity index (χ0v) is 29.0. The fraction of sp³-hybridized carbons (Fsp3) is 0.500. The molecule has 6 rings (SSSR count). The smallest absolute Gasteiger partial charge is 0.450 e. The molecular weight excluding hydrogens is 663 g/mol. The summed E-state index contributed by atoms with van der Waals surface area (Å²) in [5, 5.41) is 0.978. The van der Waals surface area contributed by atoms with E-state index in [9.17, 15) is 22.8 Å². The van der Waals surface area contributed by atoms with Crippen molar-refractivity contribution in [1.82, 2.24) is 29.3 Å². The SMILES string of the molecule is C[C@H]1CN(C(=O)OC(C)(C)C)C[C@H](C)N1c1nc(OC[C@@H]2CCCN2C)nc2c(=O)n(-c3cccc4cccc(Cl)c34)c(C(F)(F)F)nc12. The molecule has 2 aliphatic heterocycles. The molecule has 0 bridgehead atoms. The Kier molecular flexibility index (Phi) is 9.16. The van der Waals surface area contributed by atoms with Crippen molar-refractivity contribution in [2.75, 3.05) is 38.2 Å². The molecule has 4 aromatic rings. The van der Waals surface area contributed by atoms with E-state index < -0.39 is 41.3 Å². The molecule has 262 valence electrons. The predicted molar refractivity (Wildman–Crippen MR) is 181 cm³/mol. The van der Waals surface area contributed by atoms with Gasteiger partial charge in [-0.15, -0.1) is 0 Å². The van der Waals surface area contributed by atoms with Crippen LogP contribution in [0.1, 0.15) is 53.3 Å². The topological polar surface area (TPSA) is 106 Å². The van der Waals surface area contributed by atoms with E-state index in [4.69, 9.17) is 21.1 Å². The van der Waals surface area contributed by atoms with Gasteiger partial charge in [-0.2, -0.15) is 23.1 Å². The normalized spacial score (nSPS) is 20.7.